The van der Waals surface area contributed by atoms with Crippen LogP contribution in [-0.4, -0.2) is 31.0 Å². The number of hydrogen-bond acceptors (Lipinski definition) is 3. The highest BCUT2D eigenvalue weighted by molar-refractivity contribution is 5.92. The van der Waals surface area contributed by atoms with Gasteiger partial charge in [-0.3, -0.25) is 9.69 Å². The Morgan fingerprint density at radius 3 is 2.48 bits per heavy atom. The van der Waals surface area contributed by atoms with Crippen molar-refractivity contribution in [3.05, 3.63) is 59.4 Å². The Labute approximate surface area is 144 Å². The van der Waals surface area contributed by atoms with Crippen molar-refractivity contribution in [2.24, 2.45) is 0 Å². The maximum atomic E-state index is 13.7. The van der Waals surface area contributed by atoms with Crippen LogP contribution in [0.25, 0.3) is 0 Å². The van der Waals surface area contributed by atoms with E-state index < -0.39 is 23.4 Å². The highest BCUT2D eigenvalue weighted by Gasteiger charge is 2.13. The Balaban J connectivity index is 1.98. The van der Waals surface area contributed by atoms with Gasteiger partial charge in [0, 0.05) is 12.6 Å². The first-order valence-corrected chi connectivity index (χ1v) is 7.72. The molecule has 0 unspecified atom stereocenters. The summed E-state index contributed by atoms with van der Waals surface area (Å²) in [4.78, 5) is 13.8. The lowest BCUT2D eigenvalue weighted by Crippen LogP contribution is -2.33. The monoisotopic (exact) mass is 352 g/mol. The summed E-state index contributed by atoms with van der Waals surface area (Å²) in [6, 6.07) is 7.51. The third kappa shape index (κ3) is 5.22. The fourth-order valence-electron chi connectivity index (χ4n) is 2.33. The number of ether oxygens (including phenoxy) is 1. The third-order valence-corrected chi connectivity index (χ3v) is 3.64. The van der Waals surface area contributed by atoms with E-state index in [-0.39, 0.29) is 18.0 Å². The summed E-state index contributed by atoms with van der Waals surface area (Å²) < 4.78 is 45.1. The topological polar surface area (TPSA) is 41.6 Å². The van der Waals surface area contributed by atoms with Crippen LogP contribution in [0, 0.1) is 17.5 Å². The molecule has 0 atom stereocenters. The van der Waals surface area contributed by atoms with Gasteiger partial charge in [0.1, 0.15) is 11.6 Å². The molecule has 0 aliphatic carbocycles. The molecular formula is C18H19F3N2O2. The molecule has 2 aromatic rings. The molecule has 0 spiro atoms. The van der Waals surface area contributed by atoms with E-state index in [0.29, 0.717) is 24.7 Å². The number of likely N-dealkylation sites (N-methyl/N-ethyl adjacent to an activating group) is 1. The van der Waals surface area contributed by atoms with E-state index >= 15 is 0 Å². The fraction of sp³-hybridized carbons (Fsp3) is 0.278. The van der Waals surface area contributed by atoms with Gasteiger partial charge in [-0.15, -0.1) is 0 Å². The molecule has 7 heteroatoms. The molecule has 0 bridgehead atoms. The highest BCUT2D eigenvalue weighted by atomic mass is 19.1. The zero-order valence-corrected chi connectivity index (χ0v) is 14.0. The molecule has 25 heavy (non-hydrogen) atoms. The van der Waals surface area contributed by atoms with E-state index in [9.17, 15) is 18.0 Å². The Morgan fingerprint density at radius 1 is 1.12 bits per heavy atom. The van der Waals surface area contributed by atoms with Crippen molar-refractivity contribution in [1.82, 2.24) is 4.90 Å². The summed E-state index contributed by atoms with van der Waals surface area (Å²) in [6.07, 6.45) is 0. The van der Waals surface area contributed by atoms with Crippen LogP contribution < -0.4 is 10.1 Å². The minimum atomic E-state index is -0.839. The Bertz CT molecular complexity index is 753. The molecule has 0 aliphatic rings. The van der Waals surface area contributed by atoms with Gasteiger partial charge in [-0.05, 0) is 36.4 Å². The van der Waals surface area contributed by atoms with Gasteiger partial charge in [-0.2, -0.15) is 0 Å². The summed E-state index contributed by atoms with van der Waals surface area (Å²) >= 11 is 0. The van der Waals surface area contributed by atoms with E-state index in [2.05, 4.69) is 5.32 Å². The molecule has 0 saturated carbocycles. The van der Waals surface area contributed by atoms with Gasteiger partial charge in [0.25, 0.3) is 0 Å². The maximum absolute atomic E-state index is 13.7. The number of carbonyl (C=O) groups is 1. The first kappa shape index (κ1) is 18.8. The number of nitrogens with one attached hydrogen (secondary N) is 1. The minimum absolute atomic E-state index is 0.0129. The molecule has 0 saturated heterocycles. The lowest BCUT2D eigenvalue weighted by atomic mass is 10.2. The SMILES string of the molecule is CCN(CC(=O)Nc1ccc(F)cc1F)Cc1ccc(OC)c(F)c1. The molecule has 4 nitrogen and oxygen atoms in total. The molecule has 0 radical (unpaired) electrons. The van der Waals surface area contributed by atoms with Crippen molar-refractivity contribution in [2.75, 3.05) is 25.5 Å². The Hall–Kier alpha value is -2.54. The van der Waals surface area contributed by atoms with Crippen molar-refractivity contribution < 1.29 is 22.7 Å². The van der Waals surface area contributed by atoms with Crippen LogP contribution >= 0.6 is 0 Å². The van der Waals surface area contributed by atoms with Gasteiger partial charge in [-0.25, -0.2) is 13.2 Å². The summed E-state index contributed by atoms with van der Waals surface area (Å²) in [5, 5.41) is 2.40. The molecular weight excluding hydrogens is 333 g/mol. The predicted molar refractivity (Wildman–Crippen MR) is 88.9 cm³/mol. The maximum Gasteiger partial charge on any atom is 0.238 e. The molecule has 1 N–H and O–H groups in total. The quantitative estimate of drug-likeness (QED) is 0.828. The van der Waals surface area contributed by atoms with Gasteiger partial charge in [0.2, 0.25) is 5.91 Å². The fourth-order valence-corrected chi connectivity index (χ4v) is 2.33. The normalized spacial score (nSPS) is 10.8. The number of benzene rings is 2. The second kappa shape index (κ2) is 8.53. The van der Waals surface area contributed by atoms with Crippen LogP contribution in [0.4, 0.5) is 18.9 Å². The van der Waals surface area contributed by atoms with Crippen LogP contribution in [0.3, 0.4) is 0 Å². The number of halogens is 3. The molecule has 0 fully saturated rings. The van der Waals surface area contributed by atoms with Crippen molar-refractivity contribution >= 4 is 11.6 Å². The summed E-state index contributed by atoms with van der Waals surface area (Å²) in [5.41, 5.74) is 0.596. The molecule has 0 aliphatic heterocycles. The van der Waals surface area contributed by atoms with Crippen LogP contribution in [0.5, 0.6) is 5.75 Å². The number of carbonyl (C=O) groups excluding carboxylic acids is 1. The van der Waals surface area contributed by atoms with E-state index in [4.69, 9.17) is 4.74 Å². The number of amides is 1. The van der Waals surface area contributed by atoms with Gasteiger partial charge in [0.15, 0.2) is 11.6 Å². The van der Waals surface area contributed by atoms with E-state index in [1.807, 2.05) is 6.92 Å². The van der Waals surface area contributed by atoms with Crippen LogP contribution in [0.1, 0.15) is 12.5 Å². The van der Waals surface area contributed by atoms with E-state index in [1.165, 1.54) is 19.2 Å². The molecule has 0 heterocycles. The standard InChI is InChI=1S/C18H19F3N2O2/c1-3-23(10-12-4-7-17(25-2)15(21)8-12)11-18(24)22-16-6-5-13(19)9-14(16)20/h4-9H,3,10-11H2,1-2H3,(H,22,24). The van der Waals surface area contributed by atoms with Gasteiger partial charge in [0.05, 0.1) is 19.3 Å². The smallest absolute Gasteiger partial charge is 0.238 e. The highest BCUT2D eigenvalue weighted by Crippen LogP contribution is 2.19. The van der Waals surface area contributed by atoms with Crippen LogP contribution in [0.15, 0.2) is 36.4 Å². The number of methoxy groups -OCH3 is 1. The first-order valence-electron chi connectivity index (χ1n) is 7.72. The molecule has 2 aromatic carbocycles. The van der Waals surface area contributed by atoms with Gasteiger partial charge in [-0.1, -0.05) is 13.0 Å². The van der Waals surface area contributed by atoms with Crippen molar-refractivity contribution in [2.45, 2.75) is 13.5 Å². The van der Waals surface area contributed by atoms with Gasteiger partial charge >= 0.3 is 0 Å². The second-order valence-electron chi connectivity index (χ2n) is 5.44. The number of hydrogen-bond donors (Lipinski definition) is 1. The van der Waals surface area contributed by atoms with Gasteiger partial charge < -0.3 is 10.1 Å². The number of rotatable bonds is 7. The first-order chi connectivity index (χ1) is 11.9. The third-order valence-electron chi connectivity index (χ3n) is 3.64. The zero-order valence-electron chi connectivity index (χ0n) is 14.0. The number of nitrogens with zero attached hydrogens (tertiary/aromatic N) is 1. The van der Waals surface area contributed by atoms with E-state index in [0.717, 1.165) is 12.1 Å². The van der Waals surface area contributed by atoms with Crippen molar-refractivity contribution in [3.63, 3.8) is 0 Å². The largest absolute Gasteiger partial charge is 0.494 e. The molecule has 134 valence electrons. The van der Waals surface area contributed by atoms with Crippen LogP contribution in [-0.2, 0) is 11.3 Å². The molecule has 1 amide bonds. The Kier molecular flexibility index (Phi) is 6.41. The van der Waals surface area contributed by atoms with Crippen LogP contribution in [0.2, 0.25) is 0 Å². The minimum Gasteiger partial charge on any atom is -0.494 e. The average Bonchev–Trinajstić information content (AvgIpc) is 2.57. The van der Waals surface area contributed by atoms with Crippen molar-refractivity contribution in [1.29, 1.82) is 0 Å². The summed E-state index contributed by atoms with van der Waals surface area (Å²) in [6.45, 7) is 2.72. The molecule has 0 aromatic heterocycles. The number of anilines is 1. The lowest BCUT2D eigenvalue weighted by molar-refractivity contribution is -0.117. The second-order valence-corrected chi connectivity index (χ2v) is 5.44. The average molecular weight is 352 g/mol. The van der Waals surface area contributed by atoms with Crippen molar-refractivity contribution in [3.8, 4) is 5.75 Å². The van der Waals surface area contributed by atoms with E-state index in [1.54, 1.807) is 11.0 Å². The zero-order chi connectivity index (χ0) is 18.4. The lowest BCUT2D eigenvalue weighted by Gasteiger charge is -2.20. The summed E-state index contributed by atoms with van der Waals surface area (Å²) in [5.74, 6) is -2.33. The molecule has 2 rings (SSSR count). The Morgan fingerprint density at radius 2 is 1.88 bits per heavy atom. The predicted octanol–water partition coefficient (Wildman–Crippen LogP) is 3.57. The summed E-state index contributed by atoms with van der Waals surface area (Å²) in [7, 11) is 1.38.